The van der Waals surface area contributed by atoms with E-state index < -0.39 is 0 Å². The van der Waals surface area contributed by atoms with E-state index in [1.165, 1.54) is 77.9 Å². The van der Waals surface area contributed by atoms with Gasteiger partial charge in [0.15, 0.2) is 0 Å². The van der Waals surface area contributed by atoms with Gasteiger partial charge in [0.25, 0.3) is 0 Å². The molecule has 2 nitrogen and oxygen atoms in total. The average Bonchev–Trinajstić information content (AvgIpc) is 3.37. The minimum absolute atomic E-state index is 0.0566. The summed E-state index contributed by atoms with van der Waals surface area (Å²) in [6.07, 6.45) is 0.944. The van der Waals surface area contributed by atoms with Crippen LogP contribution in [-0.2, 0) is 11.8 Å². The number of benzene rings is 6. The Morgan fingerprint density at radius 1 is 0.524 bits per heavy atom. The van der Waals surface area contributed by atoms with Gasteiger partial charge in [-0.25, -0.2) is 0 Å². The van der Waals surface area contributed by atoms with E-state index in [0.29, 0.717) is 0 Å². The van der Waals surface area contributed by atoms with E-state index in [4.69, 9.17) is 0 Å². The lowest BCUT2D eigenvalue weighted by atomic mass is 9.75. The number of rotatable bonds is 2. The van der Waals surface area contributed by atoms with Crippen LogP contribution in [0.4, 0.5) is 17.1 Å². The van der Waals surface area contributed by atoms with E-state index in [9.17, 15) is 0 Å². The second-order valence-corrected chi connectivity index (χ2v) is 12.2. The molecule has 7 aromatic rings. The SMILES string of the molecule is CC1(C)c2ccccc2-n2c3ccc(-c4ccc5c(c4)N(c4ccccc4)c4ccccc4C5)cc3c3cccc1c32. The minimum atomic E-state index is -0.0566. The van der Waals surface area contributed by atoms with Gasteiger partial charge in [0.1, 0.15) is 0 Å². The van der Waals surface area contributed by atoms with Crippen LogP contribution in [0.2, 0.25) is 0 Å². The molecule has 0 amide bonds. The number of hydrogen-bond acceptors (Lipinski definition) is 1. The van der Waals surface area contributed by atoms with Crippen molar-refractivity contribution >= 4 is 38.9 Å². The Hall–Kier alpha value is -5.08. The Morgan fingerprint density at radius 3 is 2.10 bits per heavy atom. The number of aromatic nitrogens is 1. The first-order valence-corrected chi connectivity index (χ1v) is 14.8. The summed E-state index contributed by atoms with van der Waals surface area (Å²) in [6.45, 7) is 4.72. The van der Waals surface area contributed by atoms with Crippen molar-refractivity contribution in [3.63, 3.8) is 0 Å². The van der Waals surface area contributed by atoms with E-state index in [2.05, 4.69) is 157 Å². The second-order valence-electron chi connectivity index (χ2n) is 12.2. The lowest BCUT2D eigenvalue weighted by Gasteiger charge is -2.34. The van der Waals surface area contributed by atoms with Crippen LogP contribution in [0.25, 0.3) is 38.6 Å². The molecule has 0 atom stereocenters. The highest BCUT2D eigenvalue weighted by Gasteiger charge is 2.34. The molecule has 0 bridgehead atoms. The summed E-state index contributed by atoms with van der Waals surface area (Å²) in [5.41, 5.74) is 15.5. The zero-order valence-electron chi connectivity index (χ0n) is 23.8. The van der Waals surface area contributed by atoms with E-state index in [0.717, 1.165) is 6.42 Å². The summed E-state index contributed by atoms with van der Waals surface area (Å²) < 4.78 is 2.49. The predicted octanol–water partition coefficient (Wildman–Crippen LogP) is 10.5. The molecule has 0 aliphatic carbocycles. The van der Waals surface area contributed by atoms with E-state index in [1.54, 1.807) is 0 Å². The fourth-order valence-corrected chi connectivity index (χ4v) is 7.52. The predicted molar refractivity (Wildman–Crippen MR) is 176 cm³/mol. The Bertz CT molecular complexity index is 2200. The van der Waals surface area contributed by atoms with Crippen LogP contribution in [0.15, 0.2) is 133 Å². The smallest absolute Gasteiger partial charge is 0.0582 e. The molecule has 6 aromatic carbocycles. The Labute approximate surface area is 246 Å². The van der Waals surface area contributed by atoms with Crippen molar-refractivity contribution in [2.24, 2.45) is 0 Å². The molecular weight excluding hydrogens is 508 g/mol. The first-order valence-electron chi connectivity index (χ1n) is 14.8. The van der Waals surface area contributed by atoms with Crippen molar-refractivity contribution in [1.82, 2.24) is 4.57 Å². The number of para-hydroxylation sites is 4. The summed E-state index contributed by atoms with van der Waals surface area (Å²) in [4.78, 5) is 2.43. The molecule has 200 valence electrons. The largest absolute Gasteiger partial charge is 0.310 e. The third-order valence-corrected chi connectivity index (χ3v) is 9.57. The first-order chi connectivity index (χ1) is 20.6. The Balaban J connectivity index is 1.26. The summed E-state index contributed by atoms with van der Waals surface area (Å²) >= 11 is 0. The topological polar surface area (TPSA) is 8.17 Å². The van der Waals surface area contributed by atoms with Crippen LogP contribution in [0, 0.1) is 0 Å². The van der Waals surface area contributed by atoms with Crippen LogP contribution >= 0.6 is 0 Å². The maximum Gasteiger partial charge on any atom is 0.0582 e. The lowest BCUT2D eigenvalue weighted by Crippen LogP contribution is -2.26. The summed E-state index contributed by atoms with van der Waals surface area (Å²) in [5.74, 6) is 0. The van der Waals surface area contributed by atoms with Gasteiger partial charge in [-0.1, -0.05) is 105 Å². The fraction of sp³-hybridized carbons (Fsp3) is 0.100. The van der Waals surface area contributed by atoms with Crippen molar-refractivity contribution in [2.45, 2.75) is 25.7 Å². The van der Waals surface area contributed by atoms with Crippen molar-refractivity contribution in [3.05, 3.63) is 156 Å². The number of nitrogens with zero attached hydrogens (tertiary/aromatic N) is 2. The van der Waals surface area contributed by atoms with Crippen LogP contribution in [0.3, 0.4) is 0 Å². The molecule has 2 aliphatic heterocycles. The summed E-state index contributed by atoms with van der Waals surface area (Å²) in [5, 5.41) is 2.63. The zero-order valence-corrected chi connectivity index (χ0v) is 23.8. The van der Waals surface area contributed by atoms with Crippen LogP contribution < -0.4 is 4.90 Å². The first kappa shape index (κ1) is 23.6. The minimum Gasteiger partial charge on any atom is -0.310 e. The van der Waals surface area contributed by atoms with Gasteiger partial charge in [-0.15, -0.1) is 0 Å². The summed E-state index contributed by atoms with van der Waals surface area (Å²) in [7, 11) is 0. The molecule has 0 N–H and O–H groups in total. The van der Waals surface area contributed by atoms with Gasteiger partial charge in [0.2, 0.25) is 0 Å². The molecule has 0 fully saturated rings. The lowest BCUT2D eigenvalue weighted by molar-refractivity contribution is 0.630. The summed E-state index contributed by atoms with van der Waals surface area (Å²) in [6, 6.07) is 49.4. The maximum absolute atomic E-state index is 2.49. The molecule has 0 saturated carbocycles. The van der Waals surface area contributed by atoms with Gasteiger partial charge in [0, 0.05) is 34.0 Å². The zero-order chi connectivity index (χ0) is 28.0. The van der Waals surface area contributed by atoms with Gasteiger partial charge in [-0.3, -0.25) is 0 Å². The monoisotopic (exact) mass is 538 g/mol. The van der Waals surface area contributed by atoms with E-state index in [-0.39, 0.29) is 5.41 Å². The third-order valence-electron chi connectivity index (χ3n) is 9.57. The number of anilines is 3. The van der Waals surface area contributed by atoms with Crippen molar-refractivity contribution in [1.29, 1.82) is 0 Å². The highest BCUT2D eigenvalue weighted by Crippen LogP contribution is 2.49. The molecule has 1 aromatic heterocycles. The Kier molecular flexibility index (Phi) is 4.76. The Morgan fingerprint density at radius 2 is 1.21 bits per heavy atom. The van der Waals surface area contributed by atoms with Crippen molar-refractivity contribution in [3.8, 4) is 16.8 Å². The van der Waals surface area contributed by atoms with E-state index >= 15 is 0 Å². The molecule has 2 aliphatic rings. The van der Waals surface area contributed by atoms with Crippen molar-refractivity contribution in [2.75, 3.05) is 4.90 Å². The fourth-order valence-electron chi connectivity index (χ4n) is 7.52. The molecule has 0 spiro atoms. The molecule has 9 rings (SSSR count). The second kappa shape index (κ2) is 8.47. The molecule has 3 heterocycles. The molecule has 2 heteroatoms. The molecule has 0 unspecified atom stereocenters. The van der Waals surface area contributed by atoms with Gasteiger partial charge in [-0.2, -0.15) is 0 Å². The number of hydrogen-bond donors (Lipinski definition) is 0. The van der Waals surface area contributed by atoms with Crippen LogP contribution in [0.5, 0.6) is 0 Å². The molecule has 0 radical (unpaired) electrons. The molecule has 42 heavy (non-hydrogen) atoms. The highest BCUT2D eigenvalue weighted by molar-refractivity contribution is 6.12. The standard InChI is InChI=1S/C40H30N2/c1-40(2)33-15-7-9-18-37(33)42-36-22-21-26(24-32(36)31-14-10-16-34(40)39(31)42)27-19-20-29-23-28-11-6-8-17-35(28)41(38(29)25-27)30-12-4-3-5-13-30/h3-22,24-25H,23H2,1-2H3. The normalized spacial score (nSPS) is 14.5. The molecule has 0 saturated heterocycles. The molecular formula is C40H30N2. The quantitative estimate of drug-likeness (QED) is 0.212. The average molecular weight is 539 g/mol. The van der Waals surface area contributed by atoms with Crippen LogP contribution in [-0.4, -0.2) is 4.57 Å². The van der Waals surface area contributed by atoms with E-state index in [1.807, 2.05) is 0 Å². The maximum atomic E-state index is 2.49. The highest BCUT2D eigenvalue weighted by atomic mass is 15.2. The third kappa shape index (κ3) is 3.15. The van der Waals surface area contributed by atoms with Crippen LogP contribution in [0.1, 0.15) is 36.1 Å². The van der Waals surface area contributed by atoms with Crippen molar-refractivity contribution < 1.29 is 0 Å². The van der Waals surface area contributed by atoms with Gasteiger partial charge >= 0.3 is 0 Å². The van der Waals surface area contributed by atoms with Gasteiger partial charge in [-0.05, 0) is 75.8 Å². The van der Waals surface area contributed by atoms with Gasteiger partial charge in [0.05, 0.1) is 22.4 Å². The van der Waals surface area contributed by atoms with Gasteiger partial charge < -0.3 is 9.47 Å². The number of fused-ring (bicyclic) bond motifs is 7.